The summed E-state index contributed by atoms with van der Waals surface area (Å²) in [5.41, 5.74) is 0.357. The Bertz CT molecular complexity index is 624. The van der Waals surface area contributed by atoms with Gasteiger partial charge >= 0.3 is 0 Å². The molecule has 2 aliphatic rings. The van der Waals surface area contributed by atoms with Crippen LogP contribution in [0.2, 0.25) is 0 Å². The molecule has 0 saturated carbocycles. The van der Waals surface area contributed by atoms with Crippen LogP contribution in [-0.2, 0) is 14.8 Å². The number of primary sulfonamides is 1. The molecule has 23 heavy (non-hydrogen) atoms. The highest BCUT2D eigenvalue weighted by atomic mass is 32.2. The van der Waals surface area contributed by atoms with Gasteiger partial charge < -0.3 is 9.47 Å². The van der Waals surface area contributed by atoms with Crippen LogP contribution >= 0.6 is 0 Å². The molecule has 0 radical (unpaired) electrons. The first-order valence-corrected chi connectivity index (χ1v) is 9.57. The molecule has 128 valence electrons. The van der Waals surface area contributed by atoms with Gasteiger partial charge in [0.25, 0.3) is 0 Å². The highest BCUT2D eigenvalue weighted by molar-refractivity contribution is 7.89. The van der Waals surface area contributed by atoms with Crippen LogP contribution in [0, 0.1) is 5.41 Å². The molecule has 0 aliphatic carbocycles. The summed E-state index contributed by atoms with van der Waals surface area (Å²) in [4.78, 5) is 2.52. The molecule has 2 fully saturated rings. The molecule has 1 aromatic carbocycles. The van der Waals surface area contributed by atoms with E-state index in [9.17, 15) is 8.42 Å². The zero-order chi connectivity index (χ0) is 16.3. The van der Waals surface area contributed by atoms with Crippen LogP contribution in [0.15, 0.2) is 29.2 Å². The van der Waals surface area contributed by atoms with E-state index in [1.54, 1.807) is 12.1 Å². The summed E-state index contributed by atoms with van der Waals surface area (Å²) in [7, 11) is -3.64. The van der Waals surface area contributed by atoms with Crippen LogP contribution < -0.4 is 9.88 Å². The molecule has 1 atom stereocenters. The van der Waals surface area contributed by atoms with Crippen molar-refractivity contribution in [3.05, 3.63) is 24.3 Å². The molecule has 6 nitrogen and oxygen atoms in total. The molecule has 3 rings (SSSR count). The van der Waals surface area contributed by atoms with Gasteiger partial charge in [0, 0.05) is 25.1 Å². The van der Waals surface area contributed by atoms with E-state index in [4.69, 9.17) is 14.6 Å². The second kappa shape index (κ2) is 6.76. The SMILES string of the molecule is NS(=O)(=O)c1ccc(OCCN2CCC3(CCCOC3)C2)cc1. The zero-order valence-electron chi connectivity index (χ0n) is 13.2. The van der Waals surface area contributed by atoms with Crippen LogP contribution in [0.4, 0.5) is 0 Å². The molecule has 0 amide bonds. The normalized spacial score (nSPS) is 25.8. The Morgan fingerprint density at radius 1 is 1.26 bits per heavy atom. The van der Waals surface area contributed by atoms with E-state index in [2.05, 4.69) is 4.90 Å². The molecule has 2 saturated heterocycles. The van der Waals surface area contributed by atoms with E-state index >= 15 is 0 Å². The molecule has 2 aliphatic heterocycles. The second-order valence-corrected chi connectivity index (χ2v) is 8.11. The molecular weight excluding hydrogens is 316 g/mol. The van der Waals surface area contributed by atoms with Gasteiger partial charge in [0.15, 0.2) is 0 Å². The van der Waals surface area contributed by atoms with E-state index in [1.807, 2.05) is 0 Å². The number of hydrogen-bond acceptors (Lipinski definition) is 5. The maximum Gasteiger partial charge on any atom is 0.238 e. The van der Waals surface area contributed by atoms with Gasteiger partial charge in [0.2, 0.25) is 10.0 Å². The standard InChI is InChI=1S/C16H24N2O4S/c17-23(19,20)15-4-2-14(3-5-15)22-11-9-18-8-7-16(12-18)6-1-10-21-13-16/h2-5H,1,6-13H2,(H2,17,19,20). The number of nitrogens with zero attached hydrogens (tertiary/aromatic N) is 1. The Balaban J connectivity index is 1.45. The lowest BCUT2D eigenvalue weighted by Gasteiger charge is -2.33. The molecule has 7 heteroatoms. The summed E-state index contributed by atoms with van der Waals surface area (Å²) in [5.74, 6) is 0.660. The Labute approximate surface area is 137 Å². The van der Waals surface area contributed by atoms with E-state index in [1.165, 1.54) is 31.4 Å². The van der Waals surface area contributed by atoms with Crippen molar-refractivity contribution in [3.8, 4) is 5.75 Å². The van der Waals surface area contributed by atoms with Gasteiger partial charge in [0.1, 0.15) is 12.4 Å². The average molecular weight is 340 g/mol. The quantitative estimate of drug-likeness (QED) is 0.871. The minimum Gasteiger partial charge on any atom is -0.492 e. The zero-order valence-corrected chi connectivity index (χ0v) is 14.1. The third kappa shape index (κ3) is 4.23. The van der Waals surface area contributed by atoms with Crippen molar-refractivity contribution in [1.29, 1.82) is 0 Å². The first-order chi connectivity index (χ1) is 11.0. The number of rotatable bonds is 5. The lowest BCUT2D eigenvalue weighted by molar-refractivity contribution is -0.00256. The van der Waals surface area contributed by atoms with E-state index in [0.717, 1.165) is 32.8 Å². The van der Waals surface area contributed by atoms with Crippen LogP contribution in [-0.4, -0.2) is 52.8 Å². The molecule has 0 aromatic heterocycles. The van der Waals surface area contributed by atoms with Crippen LogP contribution in [0.25, 0.3) is 0 Å². The predicted molar refractivity (Wildman–Crippen MR) is 86.9 cm³/mol. The molecule has 1 unspecified atom stereocenters. The van der Waals surface area contributed by atoms with Crippen molar-refractivity contribution in [2.75, 3.05) is 39.5 Å². The maximum atomic E-state index is 11.2. The second-order valence-electron chi connectivity index (χ2n) is 6.55. The number of sulfonamides is 1. The Morgan fingerprint density at radius 3 is 2.70 bits per heavy atom. The summed E-state index contributed by atoms with van der Waals surface area (Å²) < 4.78 is 33.8. The van der Waals surface area contributed by atoms with Crippen molar-refractivity contribution in [2.45, 2.75) is 24.2 Å². The van der Waals surface area contributed by atoms with Crippen molar-refractivity contribution >= 4 is 10.0 Å². The fourth-order valence-electron chi connectivity index (χ4n) is 3.47. The summed E-state index contributed by atoms with van der Waals surface area (Å²) >= 11 is 0. The van der Waals surface area contributed by atoms with E-state index in [-0.39, 0.29) is 4.90 Å². The summed E-state index contributed by atoms with van der Waals surface area (Å²) in [6.07, 6.45) is 3.64. The van der Waals surface area contributed by atoms with Crippen LogP contribution in [0.5, 0.6) is 5.75 Å². The fraction of sp³-hybridized carbons (Fsp3) is 0.625. The maximum absolute atomic E-state index is 11.2. The van der Waals surface area contributed by atoms with Gasteiger partial charge in [-0.25, -0.2) is 13.6 Å². The Kier molecular flexibility index (Phi) is 4.91. The Hall–Kier alpha value is -1.15. The topological polar surface area (TPSA) is 81.9 Å². The third-order valence-electron chi connectivity index (χ3n) is 4.75. The third-order valence-corrected chi connectivity index (χ3v) is 5.68. The number of nitrogens with two attached hydrogens (primary N) is 1. The summed E-state index contributed by atoms with van der Waals surface area (Å²) in [5, 5.41) is 5.07. The van der Waals surface area contributed by atoms with Gasteiger partial charge in [-0.3, -0.25) is 4.90 Å². The first kappa shape index (κ1) is 16.7. The minimum absolute atomic E-state index is 0.101. The highest BCUT2D eigenvalue weighted by Crippen LogP contribution is 2.37. The van der Waals surface area contributed by atoms with Gasteiger partial charge in [0.05, 0.1) is 11.5 Å². The van der Waals surface area contributed by atoms with Gasteiger partial charge in [-0.05, 0) is 50.1 Å². The largest absolute Gasteiger partial charge is 0.492 e. The first-order valence-electron chi connectivity index (χ1n) is 8.03. The number of benzene rings is 1. The summed E-state index contributed by atoms with van der Waals surface area (Å²) in [6.45, 7) is 5.43. The van der Waals surface area contributed by atoms with Crippen LogP contribution in [0.1, 0.15) is 19.3 Å². The minimum atomic E-state index is -3.64. The number of ether oxygens (including phenoxy) is 2. The smallest absolute Gasteiger partial charge is 0.238 e. The van der Waals surface area contributed by atoms with E-state index in [0.29, 0.717) is 17.8 Å². The van der Waals surface area contributed by atoms with Gasteiger partial charge in [-0.15, -0.1) is 0 Å². The molecule has 0 bridgehead atoms. The number of hydrogen-bond donors (Lipinski definition) is 1. The monoisotopic (exact) mass is 340 g/mol. The van der Waals surface area contributed by atoms with Crippen molar-refractivity contribution < 1.29 is 17.9 Å². The average Bonchev–Trinajstić information content (AvgIpc) is 2.90. The van der Waals surface area contributed by atoms with Crippen LogP contribution in [0.3, 0.4) is 0 Å². The molecule has 1 spiro atoms. The summed E-state index contributed by atoms with van der Waals surface area (Å²) in [6, 6.07) is 6.21. The molecular formula is C16H24N2O4S. The van der Waals surface area contributed by atoms with Gasteiger partial charge in [-0.2, -0.15) is 0 Å². The molecule has 2 heterocycles. The Morgan fingerprint density at radius 2 is 2.04 bits per heavy atom. The lowest BCUT2D eigenvalue weighted by atomic mass is 9.82. The van der Waals surface area contributed by atoms with Gasteiger partial charge in [-0.1, -0.05) is 0 Å². The van der Waals surface area contributed by atoms with Crippen molar-refractivity contribution in [3.63, 3.8) is 0 Å². The molecule has 2 N–H and O–H groups in total. The number of likely N-dealkylation sites (tertiary alicyclic amines) is 1. The highest BCUT2D eigenvalue weighted by Gasteiger charge is 2.39. The fourth-order valence-corrected chi connectivity index (χ4v) is 3.98. The van der Waals surface area contributed by atoms with Crippen molar-refractivity contribution in [1.82, 2.24) is 4.90 Å². The predicted octanol–water partition coefficient (Wildman–Crippen LogP) is 1.22. The van der Waals surface area contributed by atoms with Crippen molar-refractivity contribution in [2.24, 2.45) is 10.6 Å². The molecule has 1 aromatic rings. The van der Waals surface area contributed by atoms with E-state index < -0.39 is 10.0 Å². The lowest BCUT2D eigenvalue weighted by Crippen LogP contribution is -2.36.